The molecule has 1 aliphatic carbocycles. The molecule has 1 saturated carbocycles. The molecule has 2 atom stereocenters. The summed E-state index contributed by atoms with van der Waals surface area (Å²) in [5.74, 6) is -0.723. The zero-order chi connectivity index (χ0) is 21.1. The first-order valence-corrected chi connectivity index (χ1v) is 11.6. The molecule has 10 heteroatoms. The lowest BCUT2D eigenvalue weighted by molar-refractivity contribution is 0.407. The van der Waals surface area contributed by atoms with Gasteiger partial charge in [0, 0.05) is 41.8 Å². The Balaban J connectivity index is 1.91. The second kappa shape index (κ2) is 6.97. The second-order valence-corrected chi connectivity index (χ2v) is 10.7. The van der Waals surface area contributed by atoms with Crippen LogP contribution < -0.4 is 14.9 Å². The first kappa shape index (κ1) is 20.6. The highest BCUT2D eigenvalue weighted by molar-refractivity contribution is 7.90. The molecular weight excluding hydrogens is 413 g/mol. The Hall–Kier alpha value is -1.62. The van der Waals surface area contributed by atoms with E-state index >= 15 is 0 Å². The van der Waals surface area contributed by atoms with E-state index in [4.69, 9.17) is 0 Å². The first-order chi connectivity index (χ1) is 13.5. The molecule has 0 aromatic carbocycles. The average Bonchev–Trinajstić information content (AvgIpc) is 3.19. The summed E-state index contributed by atoms with van der Waals surface area (Å²) in [5.41, 5.74) is 0.581. The molecule has 0 unspecified atom stereocenters. The number of halogens is 1. The lowest BCUT2D eigenvalue weighted by atomic mass is 10.1. The number of nitrogens with zero attached hydrogens (tertiary/aromatic N) is 3. The molecule has 0 spiro atoms. The van der Waals surface area contributed by atoms with Gasteiger partial charge in [-0.15, -0.1) is 12.6 Å². The molecule has 7 nitrogen and oxygen atoms in total. The third kappa shape index (κ3) is 3.90. The van der Waals surface area contributed by atoms with Crippen molar-refractivity contribution in [3.63, 3.8) is 0 Å². The largest absolute Gasteiger partial charge is 0.365 e. The number of sulfonamides is 1. The lowest BCUT2D eigenvalue weighted by Gasteiger charge is -2.37. The van der Waals surface area contributed by atoms with Crippen molar-refractivity contribution in [2.45, 2.75) is 56.1 Å². The van der Waals surface area contributed by atoms with Crippen LogP contribution >= 0.6 is 12.6 Å². The van der Waals surface area contributed by atoms with Crippen LogP contribution in [0.3, 0.4) is 0 Å². The highest BCUT2D eigenvalue weighted by Gasteiger charge is 2.41. The van der Waals surface area contributed by atoms with Crippen LogP contribution in [0.1, 0.15) is 39.3 Å². The molecule has 0 radical (unpaired) electrons. The van der Waals surface area contributed by atoms with Crippen molar-refractivity contribution in [2.75, 3.05) is 18.0 Å². The fourth-order valence-electron chi connectivity index (χ4n) is 3.91. The van der Waals surface area contributed by atoms with Crippen molar-refractivity contribution in [3.05, 3.63) is 30.5 Å². The normalized spacial score (nSPS) is 24.1. The smallest absolute Gasteiger partial charge is 0.242 e. The number of imidazole rings is 1. The molecule has 4 rings (SSSR count). The van der Waals surface area contributed by atoms with Gasteiger partial charge in [-0.05, 0) is 39.7 Å². The summed E-state index contributed by atoms with van der Waals surface area (Å²) < 4.78 is 45.0. The Morgan fingerprint density at radius 1 is 1.38 bits per heavy atom. The van der Waals surface area contributed by atoms with Crippen LogP contribution in [0.4, 0.5) is 10.1 Å². The van der Waals surface area contributed by atoms with Gasteiger partial charge in [-0.1, -0.05) is 6.58 Å². The molecule has 0 bridgehead atoms. The Labute approximate surface area is 175 Å². The maximum atomic E-state index is 14.6. The molecule has 2 N–H and O–H groups in total. The zero-order valence-corrected chi connectivity index (χ0v) is 18.4. The summed E-state index contributed by atoms with van der Waals surface area (Å²) in [7, 11) is -3.79. The van der Waals surface area contributed by atoms with Crippen molar-refractivity contribution in [1.82, 2.24) is 19.4 Å². The standard InChI is InChI=1S/C19H26FN5O2S2/c1-11-8-24(9-12(2)21-11)15-7-14(29(26,27)23-19(4)5-6-19)10-25-16(13(3)28)17(20)22-18(15)25/h7,10-12,21,23,28H,3,5-6,8-9H2,1-2,4H3/t11-,12-/m0/s1. The minimum atomic E-state index is -3.79. The van der Waals surface area contributed by atoms with E-state index in [1.54, 1.807) is 6.07 Å². The summed E-state index contributed by atoms with van der Waals surface area (Å²) in [6.45, 7) is 11.0. The number of hydrogen-bond acceptors (Lipinski definition) is 6. The molecular formula is C19H26FN5O2S2. The van der Waals surface area contributed by atoms with E-state index in [2.05, 4.69) is 53.0 Å². The molecule has 29 heavy (non-hydrogen) atoms. The molecule has 2 aliphatic rings. The van der Waals surface area contributed by atoms with Gasteiger partial charge in [0.1, 0.15) is 10.6 Å². The SMILES string of the molecule is C=C(S)c1c(F)nc2c(N3C[C@H](C)N[C@@H](C)C3)cc(S(=O)(=O)NC3(C)CC3)cn12. The maximum Gasteiger partial charge on any atom is 0.242 e. The highest BCUT2D eigenvalue weighted by atomic mass is 32.2. The third-order valence-electron chi connectivity index (χ3n) is 5.50. The first-order valence-electron chi connectivity index (χ1n) is 9.64. The van der Waals surface area contributed by atoms with Crippen LogP contribution in [-0.4, -0.2) is 48.5 Å². The van der Waals surface area contributed by atoms with Gasteiger partial charge in [0.2, 0.25) is 16.0 Å². The van der Waals surface area contributed by atoms with Gasteiger partial charge in [0.05, 0.1) is 5.69 Å². The van der Waals surface area contributed by atoms with Gasteiger partial charge in [0.25, 0.3) is 0 Å². The Morgan fingerprint density at radius 3 is 2.55 bits per heavy atom. The van der Waals surface area contributed by atoms with E-state index in [0.29, 0.717) is 24.4 Å². The van der Waals surface area contributed by atoms with Crippen LogP contribution in [-0.2, 0) is 10.0 Å². The van der Waals surface area contributed by atoms with Gasteiger partial charge in [0.15, 0.2) is 5.65 Å². The van der Waals surface area contributed by atoms with Crippen molar-refractivity contribution >= 4 is 38.9 Å². The Morgan fingerprint density at radius 2 is 2.00 bits per heavy atom. The lowest BCUT2D eigenvalue weighted by Crippen LogP contribution is -2.54. The van der Waals surface area contributed by atoms with Crippen LogP contribution in [0, 0.1) is 5.95 Å². The minimum absolute atomic E-state index is 0.0653. The van der Waals surface area contributed by atoms with Gasteiger partial charge in [-0.2, -0.15) is 9.37 Å². The zero-order valence-electron chi connectivity index (χ0n) is 16.7. The van der Waals surface area contributed by atoms with Crippen LogP contribution in [0.15, 0.2) is 23.7 Å². The van der Waals surface area contributed by atoms with Crippen molar-refractivity contribution < 1.29 is 12.8 Å². The maximum absolute atomic E-state index is 14.6. The quantitative estimate of drug-likeness (QED) is 0.624. The molecule has 3 heterocycles. The van der Waals surface area contributed by atoms with E-state index in [-0.39, 0.29) is 27.6 Å². The van der Waals surface area contributed by atoms with Crippen LogP contribution in [0.5, 0.6) is 0 Å². The topological polar surface area (TPSA) is 78.7 Å². The predicted molar refractivity (Wildman–Crippen MR) is 115 cm³/mol. The predicted octanol–water partition coefficient (Wildman–Crippen LogP) is 2.39. The van der Waals surface area contributed by atoms with Crippen LogP contribution in [0.2, 0.25) is 0 Å². The van der Waals surface area contributed by atoms with Crippen molar-refractivity contribution in [3.8, 4) is 0 Å². The fraction of sp³-hybridized carbons (Fsp3) is 0.526. The van der Waals surface area contributed by atoms with E-state index in [1.807, 2.05) is 6.92 Å². The molecule has 1 saturated heterocycles. The Bertz CT molecular complexity index is 1080. The number of nitrogens with one attached hydrogen (secondary N) is 2. The number of rotatable bonds is 5. The minimum Gasteiger partial charge on any atom is -0.365 e. The molecule has 1 aliphatic heterocycles. The second-order valence-electron chi connectivity index (χ2n) is 8.49. The summed E-state index contributed by atoms with van der Waals surface area (Å²) in [6, 6.07) is 1.98. The molecule has 158 valence electrons. The molecule has 0 amide bonds. The van der Waals surface area contributed by atoms with Crippen molar-refractivity contribution in [1.29, 1.82) is 0 Å². The summed E-state index contributed by atoms with van der Waals surface area (Å²) in [6.07, 6.45) is 2.99. The van der Waals surface area contributed by atoms with Crippen molar-refractivity contribution in [2.24, 2.45) is 0 Å². The number of hydrogen-bond donors (Lipinski definition) is 3. The molecule has 2 aromatic heterocycles. The van der Waals surface area contributed by atoms with Crippen LogP contribution in [0.25, 0.3) is 10.6 Å². The van der Waals surface area contributed by atoms with E-state index in [1.165, 1.54) is 10.6 Å². The van der Waals surface area contributed by atoms with Gasteiger partial charge >= 0.3 is 0 Å². The van der Waals surface area contributed by atoms with E-state index < -0.39 is 21.5 Å². The van der Waals surface area contributed by atoms with Gasteiger partial charge < -0.3 is 10.2 Å². The summed E-state index contributed by atoms with van der Waals surface area (Å²) in [5, 5.41) is 3.45. The molecule has 2 fully saturated rings. The number of piperazine rings is 1. The number of thiol groups is 1. The number of pyridine rings is 1. The average molecular weight is 440 g/mol. The number of aromatic nitrogens is 2. The number of anilines is 1. The fourth-order valence-corrected chi connectivity index (χ4v) is 5.59. The summed E-state index contributed by atoms with van der Waals surface area (Å²) >= 11 is 4.19. The number of fused-ring (bicyclic) bond motifs is 1. The van der Waals surface area contributed by atoms with E-state index in [0.717, 1.165) is 12.8 Å². The van der Waals surface area contributed by atoms with Gasteiger partial charge in [-0.25, -0.2) is 13.1 Å². The monoisotopic (exact) mass is 439 g/mol. The van der Waals surface area contributed by atoms with E-state index in [9.17, 15) is 12.8 Å². The summed E-state index contributed by atoms with van der Waals surface area (Å²) in [4.78, 5) is 6.38. The third-order valence-corrected chi connectivity index (χ3v) is 7.31. The van der Waals surface area contributed by atoms with Gasteiger partial charge in [-0.3, -0.25) is 4.40 Å². The Kier molecular flexibility index (Phi) is 4.96. The highest BCUT2D eigenvalue weighted by Crippen LogP contribution is 2.37. The molecule has 2 aromatic rings.